The van der Waals surface area contributed by atoms with Crippen molar-refractivity contribution in [1.82, 2.24) is 15.5 Å². The summed E-state index contributed by atoms with van der Waals surface area (Å²) in [5.41, 5.74) is 0.894. The molecule has 1 aliphatic rings. The average Bonchev–Trinajstić information content (AvgIpc) is 2.75. The van der Waals surface area contributed by atoms with E-state index >= 15 is 0 Å². The number of carbonyl (C=O) groups is 3. The van der Waals surface area contributed by atoms with E-state index in [0.717, 1.165) is 29.2 Å². The van der Waals surface area contributed by atoms with Crippen LogP contribution in [0.15, 0.2) is 42.5 Å². The highest BCUT2D eigenvalue weighted by atomic mass is 32.1. The minimum Gasteiger partial charge on any atom is -0.466 e. The molecular formula is C23H27N3O4S. The Labute approximate surface area is 187 Å². The molecule has 1 aliphatic heterocycles. The third-order valence-electron chi connectivity index (χ3n) is 5.19. The minimum absolute atomic E-state index is 0.116. The third kappa shape index (κ3) is 6.01. The molecule has 1 saturated heterocycles. The number of rotatable bonds is 7. The fraction of sp³-hybridized carbons (Fsp3) is 0.391. The summed E-state index contributed by atoms with van der Waals surface area (Å²) >= 11 is 5.41. The lowest BCUT2D eigenvalue weighted by molar-refractivity contribution is -0.147. The van der Waals surface area contributed by atoms with Gasteiger partial charge in [-0.2, -0.15) is 0 Å². The quantitative estimate of drug-likeness (QED) is 0.390. The standard InChI is InChI=1S/C23H27N3O4S/c1-2-3-13-30-21(28)15-19-22(29)24-11-12-26(19)23(31)25-20(27)14-17-9-6-8-16-7-4-5-10-18(16)17/h4-10,19H,2-3,11-15H2,1H3,(H,24,29)(H,25,27,31). The minimum atomic E-state index is -0.798. The first-order valence-corrected chi connectivity index (χ1v) is 10.9. The Bertz CT molecular complexity index is 973. The van der Waals surface area contributed by atoms with Crippen LogP contribution in [0.5, 0.6) is 0 Å². The molecule has 2 amide bonds. The van der Waals surface area contributed by atoms with Crippen LogP contribution in [0.1, 0.15) is 31.7 Å². The van der Waals surface area contributed by atoms with Crippen LogP contribution in [0.3, 0.4) is 0 Å². The maximum Gasteiger partial charge on any atom is 0.308 e. The normalized spacial score (nSPS) is 16.0. The van der Waals surface area contributed by atoms with Gasteiger partial charge in [0.2, 0.25) is 11.8 Å². The maximum atomic E-state index is 12.7. The molecule has 0 radical (unpaired) electrons. The van der Waals surface area contributed by atoms with Crippen molar-refractivity contribution in [2.45, 2.75) is 38.6 Å². The van der Waals surface area contributed by atoms with Crippen molar-refractivity contribution < 1.29 is 19.1 Å². The number of thiocarbonyl (C=S) groups is 1. The molecule has 0 spiro atoms. The molecule has 164 valence electrons. The number of nitrogens with one attached hydrogen (secondary N) is 2. The number of carbonyl (C=O) groups excluding carboxylic acids is 3. The highest BCUT2D eigenvalue weighted by Gasteiger charge is 2.34. The lowest BCUT2D eigenvalue weighted by atomic mass is 10.0. The number of benzene rings is 2. The Balaban J connectivity index is 1.63. The lowest BCUT2D eigenvalue weighted by Crippen LogP contribution is -2.60. The predicted molar refractivity (Wildman–Crippen MR) is 122 cm³/mol. The fourth-order valence-electron chi connectivity index (χ4n) is 3.56. The molecule has 2 aromatic carbocycles. The largest absolute Gasteiger partial charge is 0.466 e. The van der Waals surface area contributed by atoms with Gasteiger partial charge < -0.3 is 20.3 Å². The summed E-state index contributed by atoms with van der Waals surface area (Å²) in [6.45, 7) is 3.13. The molecule has 7 nitrogen and oxygen atoms in total. The van der Waals surface area contributed by atoms with E-state index in [1.165, 1.54) is 0 Å². The van der Waals surface area contributed by atoms with Crippen LogP contribution >= 0.6 is 12.2 Å². The molecule has 1 unspecified atom stereocenters. The number of hydrogen-bond acceptors (Lipinski definition) is 5. The lowest BCUT2D eigenvalue weighted by Gasteiger charge is -2.36. The van der Waals surface area contributed by atoms with Gasteiger partial charge in [-0.05, 0) is 35.0 Å². The number of esters is 1. The van der Waals surface area contributed by atoms with Gasteiger partial charge in [0.25, 0.3) is 0 Å². The number of fused-ring (bicyclic) bond motifs is 1. The molecule has 0 saturated carbocycles. The Morgan fingerprint density at radius 3 is 2.81 bits per heavy atom. The number of ether oxygens (including phenoxy) is 1. The van der Waals surface area contributed by atoms with Gasteiger partial charge in [-0.3, -0.25) is 14.4 Å². The average molecular weight is 442 g/mol. The molecule has 3 rings (SSSR count). The second-order valence-electron chi connectivity index (χ2n) is 7.45. The molecule has 1 fully saturated rings. The first-order chi connectivity index (χ1) is 15.0. The summed E-state index contributed by atoms with van der Waals surface area (Å²) in [7, 11) is 0. The summed E-state index contributed by atoms with van der Waals surface area (Å²) in [6.07, 6.45) is 1.73. The van der Waals surface area contributed by atoms with Gasteiger partial charge in [0.1, 0.15) is 6.04 Å². The number of hydrogen-bond donors (Lipinski definition) is 2. The van der Waals surface area contributed by atoms with Crippen molar-refractivity contribution in [1.29, 1.82) is 0 Å². The highest BCUT2D eigenvalue weighted by molar-refractivity contribution is 7.80. The zero-order valence-electron chi connectivity index (χ0n) is 17.6. The zero-order chi connectivity index (χ0) is 22.2. The molecule has 1 heterocycles. The van der Waals surface area contributed by atoms with E-state index in [4.69, 9.17) is 17.0 Å². The first kappa shape index (κ1) is 22.7. The van der Waals surface area contributed by atoms with Crippen LogP contribution in [0.25, 0.3) is 10.8 Å². The van der Waals surface area contributed by atoms with Gasteiger partial charge in [0.15, 0.2) is 5.11 Å². The van der Waals surface area contributed by atoms with Crippen LogP contribution in [-0.4, -0.2) is 53.5 Å². The summed E-state index contributed by atoms with van der Waals surface area (Å²) in [4.78, 5) is 38.8. The van der Waals surface area contributed by atoms with Gasteiger partial charge in [-0.15, -0.1) is 0 Å². The SMILES string of the molecule is CCCCOC(=O)CC1C(=O)NCCN1C(=S)NC(=O)Cc1cccc2ccccc12. The Morgan fingerprint density at radius 1 is 1.23 bits per heavy atom. The summed E-state index contributed by atoms with van der Waals surface area (Å²) in [5, 5.41) is 7.68. The van der Waals surface area contributed by atoms with Crippen molar-refractivity contribution in [3.8, 4) is 0 Å². The predicted octanol–water partition coefficient (Wildman–Crippen LogP) is 2.32. The van der Waals surface area contributed by atoms with Crippen LogP contribution in [-0.2, 0) is 25.5 Å². The van der Waals surface area contributed by atoms with Crippen LogP contribution < -0.4 is 10.6 Å². The van der Waals surface area contributed by atoms with Crippen LogP contribution in [0.4, 0.5) is 0 Å². The molecule has 0 aliphatic carbocycles. The van der Waals surface area contributed by atoms with Crippen molar-refractivity contribution >= 4 is 45.9 Å². The van der Waals surface area contributed by atoms with E-state index in [-0.39, 0.29) is 29.8 Å². The number of nitrogens with zero attached hydrogens (tertiary/aromatic N) is 1. The van der Waals surface area contributed by atoms with Gasteiger partial charge in [0.05, 0.1) is 19.4 Å². The Kier molecular flexibility index (Phi) is 7.94. The number of piperazine rings is 1. The zero-order valence-corrected chi connectivity index (χ0v) is 18.4. The topological polar surface area (TPSA) is 87.7 Å². The van der Waals surface area contributed by atoms with Gasteiger partial charge in [0, 0.05) is 13.1 Å². The molecule has 0 bridgehead atoms. The summed E-state index contributed by atoms with van der Waals surface area (Å²) in [6, 6.07) is 12.9. The van der Waals surface area contributed by atoms with Crippen molar-refractivity contribution in [3.63, 3.8) is 0 Å². The van der Waals surface area contributed by atoms with Crippen LogP contribution in [0.2, 0.25) is 0 Å². The Morgan fingerprint density at radius 2 is 2.00 bits per heavy atom. The van der Waals surface area contributed by atoms with Gasteiger partial charge in [-0.1, -0.05) is 55.8 Å². The maximum absolute atomic E-state index is 12.7. The van der Waals surface area contributed by atoms with Crippen LogP contribution in [0, 0.1) is 0 Å². The molecule has 31 heavy (non-hydrogen) atoms. The van der Waals surface area contributed by atoms with Crippen molar-refractivity contribution in [3.05, 3.63) is 48.0 Å². The second-order valence-corrected chi connectivity index (χ2v) is 7.83. The second kappa shape index (κ2) is 10.9. The monoisotopic (exact) mass is 441 g/mol. The van der Waals surface area contributed by atoms with Gasteiger partial charge >= 0.3 is 5.97 Å². The van der Waals surface area contributed by atoms with E-state index in [1.54, 1.807) is 4.90 Å². The van der Waals surface area contributed by atoms with Crippen molar-refractivity contribution in [2.24, 2.45) is 0 Å². The van der Waals surface area contributed by atoms with E-state index in [2.05, 4.69) is 10.6 Å². The van der Waals surface area contributed by atoms with Gasteiger partial charge in [-0.25, -0.2) is 0 Å². The third-order valence-corrected chi connectivity index (χ3v) is 5.53. The molecule has 0 aromatic heterocycles. The summed E-state index contributed by atoms with van der Waals surface area (Å²) < 4.78 is 5.19. The molecule has 1 atom stereocenters. The molecular weight excluding hydrogens is 414 g/mol. The first-order valence-electron chi connectivity index (χ1n) is 10.5. The van der Waals surface area contributed by atoms with E-state index in [0.29, 0.717) is 19.7 Å². The Hall–Kier alpha value is -3.00. The molecule has 2 aromatic rings. The number of unbranched alkanes of at least 4 members (excludes halogenated alkanes) is 1. The number of amides is 2. The highest BCUT2D eigenvalue weighted by Crippen LogP contribution is 2.19. The molecule has 2 N–H and O–H groups in total. The van der Waals surface area contributed by atoms with E-state index in [9.17, 15) is 14.4 Å². The molecule has 8 heteroatoms. The fourth-order valence-corrected chi connectivity index (χ4v) is 3.90. The summed E-state index contributed by atoms with van der Waals surface area (Å²) in [5.74, 6) is -1.02. The smallest absolute Gasteiger partial charge is 0.308 e. The van der Waals surface area contributed by atoms with E-state index in [1.807, 2.05) is 49.4 Å². The van der Waals surface area contributed by atoms with Crippen molar-refractivity contribution in [2.75, 3.05) is 19.7 Å². The van der Waals surface area contributed by atoms with E-state index < -0.39 is 12.0 Å².